The van der Waals surface area contributed by atoms with E-state index in [0.717, 1.165) is 61.3 Å². The molecule has 0 saturated carbocycles. The van der Waals surface area contributed by atoms with Crippen molar-refractivity contribution in [3.63, 3.8) is 0 Å². The zero-order valence-electron chi connectivity index (χ0n) is 34.0. The van der Waals surface area contributed by atoms with Gasteiger partial charge in [0.05, 0.1) is 5.69 Å². The molecule has 292 valence electrons. The maximum atomic E-state index is 6.52. The third-order valence-electron chi connectivity index (χ3n) is 11.9. The third-order valence-corrected chi connectivity index (χ3v) is 11.9. The summed E-state index contributed by atoms with van der Waals surface area (Å²) in [4.78, 5) is 2.38. The molecule has 10 aromatic carbocycles. The van der Waals surface area contributed by atoms with E-state index in [1.54, 1.807) is 0 Å². The Morgan fingerprint density at radius 3 is 1.37 bits per heavy atom. The molecule has 2 nitrogen and oxygen atoms in total. The molecule has 0 unspecified atom stereocenters. The van der Waals surface area contributed by atoms with Crippen molar-refractivity contribution in [1.82, 2.24) is 0 Å². The maximum Gasteiger partial charge on any atom is 0.137 e. The summed E-state index contributed by atoms with van der Waals surface area (Å²) < 4.78 is 6.52. The van der Waals surface area contributed by atoms with Gasteiger partial charge in [0.1, 0.15) is 11.2 Å². The van der Waals surface area contributed by atoms with Crippen molar-refractivity contribution in [2.24, 2.45) is 0 Å². The number of rotatable bonds is 9. The molecule has 0 aliphatic heterocycles. The topological polar surface area (TPSA) is 16.4 Å². The average molecular weight is 792 g/mol. The summed E-state index contributed by atoms with van der Waals surface area (Å²) in [6.07, 6.45) is 0. The summed E-state index contributed by atoms with van der Waals surface area (Å²) in [7, 11) is 0. The minimum absolute atomic E-state index is 0.852. The van der Waals surface area contributed by atoms with Crippen LogP contribution in [0.25, 0.3) is 88.7 Å². The fourth-order valence-electron chi connectivity index (χ4n) is 8.87. The molecule has 2 heteroatoms. The molecule has 0 aliphatic carbocycles. The predicted molar refractivity (Wildman–Crippen MR) is 261 cm³/mol. The molecule has 1 heterocycles. The first kappa shape index (κ1) is 36.8. The fourth-order valence-corrected chi connectivity index (χ4v) is 8.87. The van der Waals surface area contributed by atoms with E-state index in [-0.39, 0.29) is 0 Å². The number of furan rings is 1. The second kappa shape index (κ2) is 16.1. The molecule has 0 saturated heterocycles. The van der Waals surface area contributed by atoms with Crippen LogP contribution in [0.2, 0.25) is 0 Å². The quantitative estimate of drug-likeness (QED) is 0.145. The van der Waals surface area contributed by atoms with Crippen molar-refractivity contribution in [3.05, 3.63) is 249 Å². The van der Waals surface area contributed by atoms with Crippen LogP contribution in [0, 0.1) is 0 Å². The minimum atomic E-state index is 0.852. The Kier molecular flexibility index (Phi) is 9.57. The van der Waals surface area contributed by atoms with Gasteiger partial charge in [-0.25, -0.2) is 0 Å². The van der Waals surface area contributed by atoms with Crippen molar-refractivity contribution in [2.75, 3.05) is 4.90 Å². The van der Waals surface area contributed by atoms with E-state index >= 15 is 0 Å². The van der Waals surface area contributed by atoms with Crippen LogP contribution in [0.4, 0.5) is 17.1 Å². The Bertz CT molecular complexity index is 3310. The third kappa shape index (κ3) is 6.94. The SMILES string of the molecule is c1ccc(-c2ccc(-c3ccc(N(c4ccc5c(c4)oc4ccccc45)c4ccccc4-c4cc(-c5ccccc5)ccc4-c4ccccc4-c4ccccc4)cc3)cc2)cc1. The molecule has 0 spiro atoms. The molecule has 11 rings (SSSR count). The predicted octanol–water partition coefficient (Wildman–Crippen LogP) is 17.1. The van der Waals surface area contributed by atoms with Crippen LogP contribution in [-0.2, 0) is 0 Å². The Morgan fingerprint density at radius 1 is 0.242 bits per heavy atom. The van der Waals surface area contributed by atoms with Crippen molar-refractivity contribution in [3.8, 4) is 66.8 Å². The number of hydrogen-bond acceptors (Lipinski definition) is 2. The Labute approximate surface area is 362 Å². The van der Waals surface area contributed by atoms with E-state index in [9.17, 15) is 0 Å². The summed E-state index contributed by atoms with van der Waals surface area (Å²) in [5, 5.41) is 2.21. The second-order valence-electron chi connectivity index (χ2n) is 15.7. The van der Waals surface area contributed by atoms with Crippen molar-refractivity contribution in [1.29, 1.82) is 0 Å². The van der Waals surface area contributed by atoms with Crippen molar-refractivity contribution < 1.29 is 4.42 Å². The van der Waals surface area contributed by atoms with Crippen molar-refractivity contribution >= 4 is 39.0 Å². The molecule has 0 aliphatic rings. The first-order valence-corrected chi connectivity index (χ1v) is 21.2. The van der Waals surface area contributed by atoms with Crippen LogP contribution in [0.1, 0.15) is 0 Å². The lowest BCUT2D eigenvalue weighted by atomic mass is 9.86. The number of benzene rings is 10. The standard InChI is InChI=1S/C60H41NO/c1-4-16-42(17-5-1)44-28-30-45(31-29-44)46-32-35-49(36-33-46)61(50-37-39-56-55-25-13-15-27-59(55)62-60(56)41-50)58-26-14-12-24-54(58)57-40-48(43-18-6-2-7-19-43)34-38-53(57)52-23-11-10-22-51(52)47-20-8-3-9-21-47/h1-41H. The van der Waals surface area contributed by atoms with Gasteiger partial charge in [-0.3, -0.25) is 0 Å². The molecule has 11 aromatic rings. The molecule has 1 aromatic heterocycles. The molecular weight excluding hydrogens is 751 g/mol. The van der Waals surface area contributed by atoms with Gasteiger partial charge < -0.3 is 9.32 Å². The first-order valence-electron chi connectivity index (χ1n) is 21.2. The monoisotopic (exact) mass is 791 g/mol. The number of fused-ring (bicyclic) bond motifs is 3. The van der Waals surface area contributed by atoms with Crippen LogP contribution in [0.15, 0.2) is 253 Å². The zero-order chi connectivity index (χ0) is 41.2. The van der Waals surface area contributed by atoms with Crippen molar-refractivity contribution in [2.45, 2.75) is 0 Å². The normalized spacial score (nSPS) is 11.2. The largest absolute Gasteiger partial charge is 0.456 e. The summed E-state index contributed by atoms with van der Waals surface area (Å²) >= 11 is 0. The van der Waals surface area contributed by atoms with E-state index in [4.69, 9.17) is 4.42 Å². The molecule has 0 bridgehead atoms. The summed E-state index contributed by atoms with van der Waals surface area (Å²) in [5.41, 5.74) is 18.9. The van der Waals surface area contributed by atoms with Gasteiger partial charge in [-0.1, -0.05) is 200 Å². The van der Waals surface area contributed by atoms with Crippen LogP contribution >= 0.6 is 0 Å². The molecule has 0 atom stereocenters. The van der Waals surface area contributed by atoms with Gasteiger partial charge in [-0.2, -0.15) is 0 Å². The Balaban J connectivity index is 1.10. The highest BCUT2D eigenvalue weighted by Crippen LogP contribution is 2.47. The highest BCUT2D eigenvalue weighted by molar-refractivity contribution is 6.06. The second-order valence-corrected chi connectivity index (χ2v) is 15.7. The van der Waals surface area contributed by atoms with E-state index in [1.165, 1.54) is 44.5 Å². The highest BCUT2D eigenvalue weighted by Gasteiger charge is 2.22. The molecule has 0 amide bonds. The van der Waals surface area contributed by atoms with Crippen LogP contribution in [-0.4, -0.2) is 0 Å². The number of anilines is 3. The molecule has 62 heavy (non-hydrogen) atoms. The van der Waals surface area contributed by atoms with Crippen LogP contribution < -0.4 is 4.90 Å². The van der Waals surface area contributed by atoms with Crippen LogP contribution in [0.3, 0.4) is 0 Å². The lowest BCUT2D eigenvalue weighted by Crippen LogP contribution is -2.11. The first-order chi connectivity index (χ1) is 30.7. The van der Waals surface area contributed by atoms with E-state index in [0.29, 0.717) is 0 Å². The van der Waals surface area contributed by atoms with E-state index in [1.807, 2.05) is 12.1 Å². The Morgan fingerprint density at radius 2 is 0.694 bits per heavy atom. The molecule has 0 fully saturated rings. The maximum absolute atomic E-state index is 6.52. The van der Waals surface area contributed by atoms with Gasteiger partial charge in [-0.15, -0.1) is 0 Å². The highest BCUT2D eigenvalue weighted by atomic mass is 16.3. The van der Waals surface area contributed by atoms with Gasteiger partial charge in [0.25, 0.3) is 0 Å². The minimum Gasteiger partial charge on any atom is -0.456 e. The Hall–Kier alpha value is -8.20. The van der Waals surface area contributed by atoms with E-state index < -0.39 is 0 Å². The van der Waals surface area contributed by atoms with Gasteiger partial charge in [-0.05, 0) is 104 Å². The fraction of sp³-hybridized carbons (Fsp3) is 0. The van der Waals surface area contributed by atoms with Gasteiger partial charge >= 0.3 is 0 Å². The number of para-hydroxylation sites is 2. The van der Waals surface area contributed by atoms with Gasteiger partial charge in [0.2, 0.25) is 0 Å². The zero-order valence-corrected chi connectivity index (χ0v) is 34.0. The number of nitrogens with zero attached hydrogens (tertiary/aromatic N) is 1. The molecule has 0 N–H and O–H groups in total. The van der Waals surface area contributed by atoms with Gasteiger partial charge in [0.15, 0.2) is 0 Å². The molecule has 0 radical (unpaired) electrons. The number of hydrogen-bond donors (Lipinski definition) is 0. The lowest BCUT2D eigenvalue weighted by Gasteiger charge is -2.29. The summed E-state index contributed by atoms with van der Waals surface area (Å²) in [5.74, 6) is 0. The van der Waals surface area contributed by atoms with Gasteiger partial charge in [0, 0.05) is 33.8 Å². The summed E-state index contributed by atoms with van der Waals surface area (Å²) in [6, 6.07) is 89.1. The molecular formula is C60H41NO. The summed E-state index contributed by atoms with van der Waals surface area (Å²) in [6.45, 7) is 0. The van der Waals surface area contributed by atoms with Crippen LogP contribution in [0.5, 0.6) is 0 Å². The smallest absolute Gasteiger partial charge is 0.137 e. The average Bonchev–Trinajstić information content (AvgIpc) is 3.73. The lowest BCUT2D eigenvalue weighted by molar-refractivity contribution is 0.669. The van der Waals surface area contributed by atoms with E-state index in [2.05, 4.69) is 241 Å².